The Bertz CT molecular complexity index is 1250. The van der Waals surface area contributed by atoms with Gasteiger partial charge in [-0.2, -0.15) is 5.10 Å². The van der Waals surface area contributed by atoms with Crippen LogP contribution in [0.2, 0.25) is 0 Å². The number of rotatable bonds is 3. The summed E-state index contributed by atoms with van der Waals surface area (Å²) in [6.45, 7) is 0. The smallest absolute Gasteiger partial charge is 0.157 e. The first-order valence-corrected chi connectivity index (χ1v) is 8.79. The van der Waals surface area contributed by atoms with E-state index in [1.54, 1.807) is 6.33 Å². The van der Waals surface area contributed by atoms with Crippen LogP contribution in [0.15, 0.2) is 90.3 Å². The van der Waals surface area contributed by atoms with Crippen LogP contribution in [0.1, 0.15) is 5.56 Å². The lowest BCUT2D eigenvalue weighted by molar-refractivity contribution is 1.18. The van der Waals surface area contributed by atoms with E-state index in [0.717, 1.165) is 16.5 Å². The Morgan fingerprint density at radius 2 is 1.33 bits per heavy atom. The van der Waals surface area contributed by atoms with Crippen LogP contribution in [0.25, 0.3) is 32.4 Å². The maximum Gasteiger partial charge on any atom is 0.157 e. The van der Waals surface area contributed by atoms with Crippen molar-refractivity contribution in [3.8, 4) is 0 Å². The zero-order valence-corrected chi connectivity index (χ0v) is 14.5. The van der Waals surface area contributed by atoms with Crippen molar-refractivity contribution < 1.29 is 0 Å². The Kier molecular flexibility index (Phi) is 3.72. The highest BCUT2D eigenvalue weighted by molar-refractivity contribution is 6.13. The molecular weight excluding hydrogens is 332 g/mol. The highest BCUT2D eigenvalue weighted by Crippen LogP contribution is 2.27. The predicted octanol–water partition coefficient (Wildman–Crippen LogP) is 5.38. The SMILES string of the molecule is C(=N/Nc1ncnc2ccccc12)/c1c2ccccc2cc2ccccc12. The topological polar surface area (TPSA) is 50.2 Å². The quantitative estimate of drug-likeness (QED) is 0.270. The maximum absolute atomic E-state index is 4.50. The number of fused-ring (bicyclic) bond motifs is 3. The van der Waals surface area contributed by atoms with E-state index in [-0.39, 0.29) is 0 Å². The second kappa shape index (κ2) is 6.50. The Labute approximate surface area is 156 Å². The summed E-state index contributed by atoms with van der Waals surface area (Å²) in [5, 5.41) is 10.2. The molecular formula is C23H16N4. The van der Waals surface area contributed by atoms with Gasteiger partial charge in [0.05, 0.1) is 11.7 Å². The van der Waals surface area contributed by atoms with E-state index < -0.39 is 0 Å². The summed E-state index contributed by atoms with van der Waals surface area (Å²) in [4.78, 5) is 8.61. The molecule has 0 saturated carbocycles. The summed E-state index contributed by atoms with van der Waals surface area (Å²) >= 11 is 0. The second-order valence-corrected chi connectivity index (χ2v) is 6.34. The fraction of sp³-hybridized carbons (Fsp3) is 0. The molecule has 0 radical (unpaired) electrons. The number of hydrazone groups is 1. The van der Waals surface area contributed by atoms with Gasteiger partial charge in [0.1, 0.15) is 6.33 Å². The molecule has 4 aromatic carbocycles. The van der Waals surface area contributed by atoms with Gasteiger partial charge in [0, 0.05) is 10.9 Å². The molecule has 0 saturated heterocycles. The predicted molar refractivity (Wildman–Crippen MR) is 112 cm³/mol. The minimum absolute atomic E-state index is 0.696. The molecule has 1 aromatic heterocycles. The van der Waals surface area contributed by atoms with Crippen molar-refractivity contribution in [3.63, 3.8) is 0 Å². The molecule has 5 aromatic rings. The van der Waals surface area contributed by atoms with E-state index >= 15 is 0 Å². The molecule has 4 heteroatoms. The van der Waals surface area contributed by atoms with Crippen molar-refractivity contribution in [3.05, 3.63) is 90.8 Å². The Hall–Kier alpha value is -3.79. The number of nitrogens with zero attached hydrogens (tertiary/aromatic N) is 3. The van der Waals surface area contributed by atoms with Crippen LogP contribution in [0.3, 0.4) is 0 Å². The normalized spacial score (nSPS) is 11.6. The van der Waals surface area contributed by atoms with Crippen LogP contribution in [-0.4, -0.2) is 16.2 Å². The van der Waals surface area contributed by atoms with Crippen LogP contribution in [-0.2, 0) is 0 Å². The van der Waals surface area contributed by atoms with Crippen molar-refractivity contribution in [2.75, 3.05) is 5.43 Å². The average molecular weight is 348 g/mol. The molecule has 0 unspecified atom stereocenters. The summed E-state index contributed by atoms with van der Waals surface area (Å²) in [6.07, 6.45) is 3.43. The highest BCUT2D eigenvalue weighted by atomic mass is 15.3. The first-order chi connectivity index (χ1) is 13.4. The van der Waals surface area contributed by atoms with Gasteiger partial charge in [-0.15, -0.1) is 0 Å². The van der Waals surface area contributed by atoms with Gasteiger partial charge in [-0.25, -0.2) is 9.97 Å². The third-order valence-electron chi connectivity index (χ3n) is 4.72. The molecule has 0 aliphatic rings. The van der Waals surface area contributed by atoms with E-state index in [1.807, 2.05) is 30.5 Å². The number of para-hydroxylation sites is 1. The summed E-state index contributed by atoms with van der Waals surface area (Å²) < 4.78 is 0. The van der Waals surface area contributed by atoms with Crippen molar-refractivity contribution in [2.45, 2.75) is 0 Å². The minimum Gasteiger partial charge on any atom is -0.261 e. The average Bonchev–Trinajstić information content (AvgIpc) is 2.73. The molecule has 0 aliphatic carbocycles. The Morgan fingerprint density at radius 3 is 2.07 bits per heavy atom. The fourth-order valence-corrected chi connectivity index (χ4v) is 3.44. The summed E-state index contributed by atoms with van der Waals surface area (Å²) in [6, 6.07) is 26.8. The van der Waals surface area contributed by atoms with Gasteiger partial charge in [0.15, 0.2) is 5.82 Å². The molecule has 0 bridgehead atoms. The van der Waals surface area contributed by atoms with E-state index in [9.17, 15) is 0 Å². The monoisotopic (exact) mass is 348 g/mol. The van der Waals surface area contributed by atoms with E-state index in [4.69, 9.17) is 0 Å². The number of aromatic nitrogens is 2. The molecule has 4 nitrogen and oxygen atoms in total. The fourth-order valence-electron chi connectivity index (χ4n) is 3.44. The first-order valence-electron chi connectivity index (χ1n) is 8.79. The van der Waals surface area contributed by atoms with Gasteiger partial charge in [0.2, 0.25) is 0 Å². The first kappa shape index (κ1) is 15.5. The van der Waals surface area contributed by atoms with Gasteiger partial charge < -0.3 is 0 Å². The Balaban J connectivity index is 1.61. The van der Waals surface area contributed by atoms with Crippen LogP contribution < -0.4 is 5.43 Å². The third-order valence-corrected chi connectivity index (χ3v) is 4.72. The van der Waals surface area contributed by atoms with Gasteiger partial charge >= 0.3 is 0 Å². The zero-order chi connectivity index (χ0) is 18.1. The largest absolute Gasteiger partial charge is 0.261 e. The minimum atomic E-state index is 0.696. The summed E-state index contributed by atoms with van der Waals surface area (Å²) in [7, 11) is 0. The second-order valence-electron chi connectivity index (χ2n) is 6.34. The molecule has 0 amide bonds. The van der Waals surface area contributed by atoms with Crippen molar-refractivity contribution in [1.82, 2.24) is 9.97 Å². The standard InChI is InChI=1S/C23H16N4/c1-3-9-18-16(7-1)13-17-8-2-4-10-19(17)21(18)14-26-27-23-20-11-5-6-12-22(20)24-15-25-23/h1-15H,(H,24,25,27)/b26-14-. The van der Waals surface area contributed by atoms with Crippen LogP contribution in [0, 0.1) is 0 Å². The molecule has 128 valence electrons. The van der Waals surface area contributed by atoms with Gasteiger partial charge in [0.25, 0.3) is 0 Å². The molecule has 1 N–H and O–H groups in total. The number of nitrogens with one attached hydrogen (secondary N) is 1. The van der Waals surface area contributed by atoms with Gasteiger partial charge in [-0.3, -0.25) is 5.43 Å². The van der Waals surface area contributed by atoms with Crippen LogP contribution in [0.4, 0.5) is 5.82 Å². The number of hydrogen-bond acceptors (Lipinski definition) is 4. The van der Waals surface area contributed by atoms with Crippen molar-refractivity contribution in [2.24, 2.45) is 5.10 Å². The molecule has 0 aliphatic heterocycles. The molecule has 0 fully saturated rings. The highest BCUT2D eigenvalue weighted by Gasteiger charge is 2.06. The van der Waals surface area contributed by atoms with E-state index in [2.05, 4.69) is 75.1 Å². The van der Waals surface area contributed by atoms with Crippen molar-refractivity contribution in [1.29, 1.82) is 0 Å². The number of benzene rings is 4. The maximum atomic E-state index is 4.50. The third kappa shape index (κ3) is 2.77. The van der Waals surface area contributed by atoms with Crippen LogP contribution in [0.5, 0.6) is 0 Å². The molecule has 27 heavy (non-hydrogen) atoms. The lowest BCUT2D eigenvalue weighted by Crippen LogP contribution is -1.96. The van der Waals surface area contributed by atoms with E-state index in [0.29, 0.717) is 5.82 Å². The molecule has 0 spiro atoms. The van der Waals surface area contributed by atoms with Crippen molar-refractivity contribution >= 4 is 44.5 Å². The molecule has 5 rings (SSSR count). The lowest BCUT2D eigenvalue weighted by atomic mass is 9.97. The Morgan fingerprint density at radius 1 is 0.704 bits per heavy atom. The lowest BCUT2D eigenvalue weighted by Gasteiger charge is -2.08. The summed E-state index contributed by atoms with van der Waals surface area (Å²) in [5.41, 5.74) is 5.07. The van der Waals surface area contributed by atoms with Crippen LogP contribution >= 0.6 is 0 Å². The zero-order valence-electron chi connectivity index (χ0n) is 14.5. The number of hydrogen-bond donors (Lipinski definition) is 1. The van der Waals surface area contributed by atoms with Gasteiger partial charge in [-0.05, 0) is 39.7 Å². The number of anilines is 1. The molecule has 0 atom stereocenters. The van der Waals surface area contributed by atoms with E-state index in [1.165, 1.54) is 21.5 Å². The summed E-state index contributed by atoms with van der Waals surface area (Å²) in [5.74, 6) is 0.696. The van der Waals surface area contributed by atoms with Gasteiger partial charge in [-0.1, -0.05) is 60.7 Å². The molecule has 1 heterocycles.